The van der Waals surface area contributed by atoms with Crippen LogP contribution < -0.4 is 5.32 Å². The first kappa shape index (κ1) is 18.8. The fourth-order valence-corrected chi connectivity index (χ4v) is 2.94. The van der Waals surface area contributed by atoms with Gasteiger partial charge in [-0.25, -0.2) is 4.79 Å². The molecular weight excluding hydrogens is 342 g/mol. The molecule has 0 spiro atoms. The van der Waals surface area contributed by atoms with Gasteiger partial charge in [0.1, 0.15) is 0 Å². The Morgan fingerprint density at radius 3 is 2.30 bits per heavy atom. The second-order valence-electron chi connectivity index (χ2n) is 7.01. The molecule has 0 aromatic heterocycles. The molecule has 1 aliphatic carbocycles. The lowest BCUT2D eigenvalue weighted by Crippen LogP contribution is -2.37. The lowest BCUT2D eigenvalue weighted by Gasteiger charge is -2.13. The Morgan fingerprint density at radius 2 is 1.67 bits per heavy atom. The van der Waals surface area contributed by atoms with Gasteiger partial charge in [-0.05, 0) is 38.7 Å². The van der Waals surface area contributed by atoms with Gasteiger partial charge in [-0.3, -0.25) is 9.59 Å². The van der Waals surface area contributed by atoms with Crippen molar-refractivity contribution in [2.75, 3.05) is 6.61 Å². The Morgan fingerprint density at radius 1 is 1.04 bits per heavy atom. The highest BCUT2D eigenvalue weighted by Gasteiger charge is 2.29. The van der Waals surface area contributed by atoms with Crippen LogP contribution in [0.4, 0.5) is 0 Å². The number of carbonyl (C=O) groups is 3. The number of benzene rings is 2. The van der Waals surface area contributed by atoms with E-state index in [4.69, 9.17) is 4.74 Å². The molecule has 0 unspecified atom stereocenters. The number of hydrogen-bond acceptors (Lipinski definition) is 4. The lowest BCUT2D eigenvalue weighted by molar-refractivity contribution is -0.124. The summed E-state index contributed by atoms with van der Waals surface area (Å²) in [6.07, 6.45) is 2.24. The number of rotatable bonds is 7. The van der Waals surface area contributed by atoms with Crippen LogP contribution in [0, 0.1) is 12.8 Å². The van der Waals surface area contributed by atoms with Crippen molar-refractivity contribution in [3.05, 3.63) is 70.8 Å². The Labute approximate surface area is 158 Å². The van der Waals surface area contributed by atoms with E-state index < -0.39 is 5.97 Å². The first-order valence-corrected chi connectivity index (χ1v) is 9.12. The zero-order valence-corrected chi connectivity index (χ0v) is 15.5. The van der Waals surface area contributed by atoms with Crippen LogP contribution in [0.2, 0.25) is 0 Å². The maximum absolute atomic E-state index is 12.8. The molecular formula is C22H23NO4. The van der Waals surface area contributed by atoms with E-state index in [1.807, 2.05) is 26.0 Å². The molecule has 1 aliphatic rings. The number of esters is 1. The van der Waals surface area contributed by atoms with Gasteiger partial charge in [0.05, 0.1) is 5.56 Å². The summed E-state index contributed by atoms with van der Waals surface area (Å²) in [5.41, 5.74) is 1.96. The Kier molecular flexibility index (Phi) is 5.69. The summed E-state index contributed by atoms with van der Waals surface area (Å²) in [5.74, 6) is -0.739. The number of hydrogen-bond donors (Lipinski definition) is 1. The molecule has 5 nitrogen and oxygen atoms in total. The molecule has 1 fully saturated rings. The van der Waals surface area contributed by atoms with Crippen LogP contribution in [0.1, 0.15) is 51.6 Å². The monoisotopic (exact) mass is 365 g/mol. The van der Waals surface area contributed by atoms with Gasteiger partial charge < -0.3 is 10.1 Å². The molecule has 0 saturated heterocycles. The summed E-state index contributed by atoms with van der Waals surface area (Å²) in [7, 11) is 0. The van der Waals surface area contributed by atoms with Crippen molar-refractivity contribution in [2.24, 2.45) is 5.92 Å². The van der Waals surface area contributed by atoms with E-state index in [-0.39, 0.29) is 35.5 Å². The molecule has 1 N–H and O–H groups in total. The smallest absolute Gasteiger partial charge is 0.339 e. The van der Waals surface area contributed by atoms with Gasteiger partial charge in [-0.2, -0.15) is 0 Å². The average Bonchev–Trinajstić information content (AvgIpc) is 3.51. The molecule has 1 amide bonds. The number of ether oxygens (including phenoxy) is 1. The summed E-state index contributed by atoms with van der Waals surface area (Å²) < 4.78 is 5.13. The largest absolute Gasteiger partial charge is 0.452 e. The van der Waals surface area contributed by atoms with E-state index in [0.717, 1.165) is 18.4 Å². The number of aryl methyl sites for hydroxylation is 1. The second-order valence-corrected chi connectivity index (χ2v) is 7.01. The Bertz CT molecular complexity index is 853. The highest BCUT2D eigenvalue weighted by molar-refractivity contribution is 6.14. The molecule has 1 atom stereocenters. The number of carbonyl (C=O) groups excluding carboxylic acids is 3. The topological polar surface area (TPSA) is 72.5 Å². The van der Waals surface area contributed by atoms with E-state index in [0.29, 0.717) is 11.5 Å². The van der Waals surface area contributed by atoms with Crippen LogP contribution >= 0.6 is 0 Å². The third kappa shape index (κ3) is 4.82. The molecule has 2 aromatic rings. The van der Waals surface area contributed by atoms with E-state index >= 15 is 0 Å². The van der Waals surface area contributed by atoms with Gasteiger partial charge in [-0.15, -0.1) is 0 Å². The molecule has 5 heteroatoms. The zero-order chi connectivity index (χ0) is 19.4. The minimum absolute atomic E-state index is 0.0894. The Balaban J connectivity index is 1.67. The summed E-state index contributed by atoms with van der Waals surface area (Å²) in [4.78, 5) is 37.1. The first-order valence-electron chi connectivity index (χ1n) is 9.12. The molecule has 27 heavy (non-hydrogen) atoms. The van der Waals surface area contributed by atoms with Crippen molar-refractivity contribution < 1.29 is 19.1 Å². The predicted octanol–water partition coefficient (Wildman–Crippen LogP) is 3.30. The van der Waals surface area contributed by atoms with Crippen LogP contribution in [0.3, 0.4) is 0 Å². The summed E-state index contributed by atoms with van der Waals surface area (Å²) in [6, 6.07) is 13.7. The van der Waals surface area contributed by atoms with Gasteiger partial charge in [0.25, 0.3) is 5.91 Å². The van der Waals surface area contributed by atoms with E-state index in [2.05, 4.69) is 5.32 Å². The molecule has 3 rings (SSSR count). The number of ketones is 1. The predicted molar refractivity (Wildman–Crippen MR) is 102 cm³/mol. The molecule has 1 saturated carbocycles. The average molecular weight is 365 g/mol. The van der Waals surface area contributed by atoms with Gasteiger partial charge in [0.15, 0.2) is 12.4 Å². The van der Waals surface area contributed by atoms with E-state index in [1.54, 1.807) is 30.3 Å². The van der Waals surface area contributed by atoms with Crippen molar-refractivity contribution in [3.63, 3.8) is 0 Å². The van der Waals surface area contributed by atoms with Crippen molar-refractivity contribution in [1.82, 2.24) is 5.32 Å². The molecule has 0 aliphatic heterocycles. The van der Waals surface area contributed by atoms with Crippen molar-refractivity contribution in [3.8, 4) is 0 Å². The quantitative estimate of drug-likeness (QED) is 0.604. The highest BCUT2D eigenvalue weighted by atomic mass is 16.5. The molecule has 140 valence electrons. The van der Waals surface area contributed by atoms with Crippen LogP contribution in [-0.4, -0.2) is 30.3 Å². The molecule has 0 radical (unpaired) electrons. The summed E-state index contributed by atoms with van der Waals surface area (Å²) in [6.45, 7) is 3.53. The van der Waals surface area contributed by atoms with Crippen LogP contribution in [-0.2, 0) is 9.53 Å². The number of amides is 1. The lowest BCUT2D eigenvalue weighted by atomic mass is 9.98. The molecule has 2 aromatic carbocycles. The maximum atomic E-state index is 12.8. The van der Waals surface area contributed by atoms with Crippen LogP contribution in [0.5, 0.6) is 0 Å². The third-order valence-electron chi connectivity index (χ3n) is 4.76. The van der Waals surface area contributed by atoms with Gasteiger partial charge >= 0.3 is 5.97 Å². The first-order chi connectivity index (χ1) is 13.0. The van der Waals surface area contributed by atoms with E-state index in [9.17, 15) is 14.4 Å². The minimum Gasteiger partial charge on any atom is -0.452 e. The second kappa shape index (κ2) is 8.16. The van der Waals surface area contributed by atoms with Crippen molar-refractivity contribution in [1.29, 1.82) is 0 Å². The maximum Gasteiger partial charge on any atom is 0.339 e. The number of nitrogens with one attached hydrogen (secondary N) is 1. The van der Waals surface area contributed by atoms with Gasteiger partial charge in [0, 0.05) is 17.2 Å². The standard InChI is InChI=1S/C22H23NO4/c1-14-7-9-17(10-8-14)21(25)18-5-3-4-6-19(18)22(26)27-13-20(24)23-15(2)16-11-12-16/h3-10,15-16H,11-13H2,1-2H3,(H,23,24)/t15-/m1/s1. The normalized spacial score (nSPS) is 14.3. The van der Waals surface area contributed by atoms with Crippen LogP contribution in [0.25, 0.3) is 0 Å². The highest BCUT2D eigenvalue weighted by Crippen LogP contribution is 2.32. The fourth-order valence-electron chi connectivity index (χ4n) is 2.94. The molecule has 0 heterocycles. The SMILES string of the molecule is Cc1ccc(C(=O)c2ccccc2C(=O)OCC(=O)N[C@H](C)C2CC2)cc1. The summed E-state index contributed by atoms with van der Waals surface area (Å²) in [5, 5.41) is 2.83. The Hall–Kier alpha value is -2.95. The fraction of sp³-hybridized carbons (Fsp3) is 0.318. The zero-order valence-electron chi connectivity index (χ0n) is 15.5. The molecule has 0 bridgehead atoms. The summed E-state index contributed by atoms with van der Waals surface area (Å²) >= 11 is 0. The van der Waals surface area contributed by atoms with Crippen molar-refractivity contribution >= 4 is 17.7 Å². The third-order valence-corrected chi connectivity index (χ3v) is 4.76. The van der Waals surface area contributed by atoms with Gasteiger partial charge in [0.2, 0.25) is 0 Å². The van der Waals surface area contributed by atoms with Crippen molar-refractivity contribution in [2.45, 2.75) is 32.7 Å². The van der Waals surface area contributed by atoms with Crippen LogP contribution in [0.15, 0.2) is 48.5 Å². The van der Waals surface area contributed by atoms with Gasteiger partial charge in [-0.1, -0.05) is 48.0 Å². The minimum atomic E-state index is -0.680. The van der Waals surface area contributed by atoms with E-state index in [1.165, 1.54) is 6.07 Å².